The van der Waals surface area contributed by atoms with Crippen molar-refractivity contribution in [2.24, 2.45) is 5.73 Å². The molecular formula is C9H17NO2. The first kappa shape index (κ1) is 11.2. The topological polar surface area (TPSA) is 52.3 Å². The standard InChI is InChI=1S/C9H17NO2/c1-3-5-6-8(10)9(11)12-7-4-2/h4,8H,2-3,5-7,10H2,1H3/t8-/m0/s1. The Morgan fingerprint density at radius 1 is 1.75 bits per heavy atom. The van der Waals surface area contributed by atoms with Gasteiger partial charge in [-0.1, -0.05) is 32.4 Å². The molecule has 0 amide bonds. The fraction of sp³-hybridized carbons (Fsp3) is 0.667. The van der Waals surface area contributed by atoms with E-state index in [0.717, 1.165) is 12.8 Å². The van der Waals surface area contributed by atoms with Crippen LogP contribution >= 0.6 is 0 Å². The molecule has 0 aliphatic carbocycles. The van der Waals surface area contributed by atoms with Gasteiger partial charge in [0.25, 0.3) is 0 Å². The zero-order chi connectivity index (χ0) is 9.40. The van der Waals surface area contributed by atoms with E-state index in [1.54, 1.807) is 0 Å². The summed E-state index contributed by atoms with van der Waals surface area (Å²) in [5.74, 6) is -0.330. The molecule has 0 radical (unpaired) electrons. The Bertz CT molecular complexity index is 145. The molecule has 0 aromatic carbocycles. The molecule has 0 saturated carbocycles. The second kappa shape index (κ2) is 6.85. The summed E-state index contributed by atoms with van der Waals surface area (Å²) in [6.45, 7) is 5.74. The lowest BCUT2D eigenvalue weighted by Gasteiger charge is -2.08. The van der Waals surface area contributed by atoms with E-state index >= 15 is 0 Å². The van der Waals surface area contributed by atoms with E-state index in [0.29, 0.717) is 6.42 Å². The van der Waals surface area contributed by atoms with Crippen LogP contribution in [0.4, 0.5) is 0 Å². The summed E-state index contributed by atoms with van der Waals surface area (Å²) in [5.41, 5.74) is 5.54. The fourth-order valence-electron chi connectivity index (χ4n) is 0.790. The maximum absolute atomic E-state index is 11.0. The summed E-state index contributed by atoms with van der Waals surface area (Å²) >= 11 is 0. The summed E-state index contributed by atoms with van der Waals surface area (Å²) in [6.07, 6.45) is 4.24. The Balaban J connectivity index is 3.53. The Kier molecular flexibility index (Phi) is 6.38. The minimum atomic E-state index is -0.468. The largest absolute Gasteiger partial charge is 0.460 e. The normalized spacial score (nSPS) is 12.2. The van der Waals surface area contributed by atoms with Crippen molar-refractivity contribution < 1.29 is 9.53 Å². The zero-order valence-electron chi connectivity index (χ0n) is 7.58. The van der Waals surface area contributed by atoms with Gasteiger partial charge in [-0.2, -0.15) is 0 Å². The van der Waals surface area contributed by atoms with Crippen molar-refractivity contribution in [2.45, 2.75) is 32.2 Å². The van der Waals surface area contributed by atoms with Crippen molar-refractivity contribution >= 4 is 5.97 Å². The lowest BCUT2D eigenvalue weighted by molar-refractivity contribution is -0.144. The molecule has 3 heteroatoms. The maximum atomic E-state index is 11.0. The minimum absolute atomic E-state index is 0.249. The summed E-state index contributed by atoms with van der Waals surface area (Å²) in [7, 11) is 0. The molecule has 0 spiro atoms. The van der Waals surface area contributed by atoms with Gasteiger partial charge in [0, 0.05) is 0 Å². The molecule has 0 aromatic rings. The van der Waals surface area contributed by atoms with E-state index in [2.05, 4.69) is 13.5 Å². The summed E-state index contributed by atoms with van der Waals surface area (Å²) in [6, 6.07) is -0.468. The fourth-order valence-corrected chi connectivity index (χ4v) is 0.790. The number of rotatable bonds is 6. The van der Waals surface area contributed by atoms with Gasteiger partial charge < -0.3 is 10.5 Å². The molecule has 0 rings (SSSR count). The number of hydrogen-bond donors (Lipinski definition) is 1. The number of carbonyl (C=O) groups is 1. The highest BCUT2D eigenvalue weighted by atomic mass is 16.5. The second-order valence-corrected chi connectivity index (χ2v) is 2.67. The van der Waals surface area contributed by atoms with Gasteiger partial charge >= 0.3 is 5.97 Å². The smallest absolute Gasteiger partial charge is 0.323 e. The molecule has 0 heterocycles. The Morgan fingerprint density at radius 2 is 2.42 bits per heavy atom. The van der Waals surface area contributed by atoms with E-state index in [4.69, 9.17) is 10.5 Å². The molecule has 0 aliphatic rings. The molecule has 12 heavy (non-hydrogen) atoms. The van der Waals surface area contributed by atoms with Crippen LogP contribution in [-0.4, -0.2) is 18.6 Å². The minimum Gasteiger partial charge on any atom is -0.460 e. The van der Waals surface area contributed by atoms with E-state index in [1.807, 2.05) is 0 Å². The van der Waals surface area contributed by atoms with Crippen molar-refractivity contribution in [2.75, 3.05) is 6.61 Å². The third-order valence-electron chi connectivity index (χ3n) is 1.51. The Labute approximate surface area is 73.6 Å². The molecule has 2 N–H and O–H groups in total. The highest BCUT2D eigenvalue weighted by Gasteiger charge is 2.12. The lowest BCUT2D eigenvalue weighted by atomic mass is 10.1. The van der Waals surface area contributed by atoms with Gasteiger partial charge in [-0.25, -0.2) is 0 Å². The number of unbranched alkanes of at least 4 members (excludes halogenated alkanes) is 1. The summed E-state index contributed by atoms with van der Waals surface area (Å²) < 4.78 is 4.77. The number of nitrogens with two attached hydrogens (primary N) is 1. The van der Waals surface area contributed by atoms with Crippen molar-refractivity contribution in [3.63, 3.8) is 0 Å². The van der Waals surface area contributed by atoms with Gasteiger partial charge in [0.15, 0.2) is 0 Å². The van der Waals surface area contributed by atoms with Crippen LogP contribution in [0, 0.1) is 0 Å². The highest BCUT2D eigenvalue weighted by molar-refractivity contribution is 5.75. The molecule has 3 nitrogen and oxygen atoms in total. The average Bonchev–Trinajstić information content (AvgIpc) is 2.10. The second-order valence-electron chi connectivity index (χ2n) is 2.67. The molecule has 0 bridgehead atoms. The molecule has 70 valence electrons. The van der Waals surface area contributed by atoms with Crippen LogP contribution in [0.15, 0.2) is 12.7 Å². The van der Waals surface area contributed by atoms with Gasteiger partial charge in [-0.15, -0.1) is 0 Å². The van der Waals surface area contributed by atoms with Crippen LogP contribution in [0.5, 0.6) is 0 Å². The summed E-state index contributed by atoms with van der Waals surface area (Å²) in [5, 5.41) is 0. The Morgan fingerprint density at radius 3 is 2.92 bits per heavy atom. The molecule has 0 saturated heterocycles. The van der Waals surface area contributed by atoms with E-state index in [9.17, 15) is 4.79 Å². The first-order chi connectivity index (χ1) is 5.72. The van der Waals surface area contributed by atoms with Crippen molar-refractivity contribution in [1.29, 1.82) is 0 Å². The molecule has 0 aliphatic heterocycles. The maximum Gasteiger partial charge on any atom is 0.323 e. The van der Waals surface area contributed by atoms with E-state index in [-0.39, 0.29) is 12.6 Å². The zero-order valence-corrected chi connectivity index (χ0v) is 7.58. The predicted molar refractivity (Wildman–Crippen MR) is 48.7 cm³/mol. The van der Waals surface area contributed by atoms with Crippen LogP contribution in [-0.2, 0) is 9.53 Å². The van der Waals surface area contributed by atoms with Crippen LogP contribution in [0.25, 0.3) is 0 Å². The number of ether oxygens (including phenoxy) is 1. The predicted octanol–water partition coefficient (Wildman–Crippen LogP) is 1.23. The monoisotopic (exact) mass is 171 g/mol. The van der Waals surface area contributed by atoms with Gasteiger partial charge in [0.05, 0.1) is 0 Å². The molecule has 0 aromatic heterocycles. The number of carbonyl (C=O) groups excluding carboxylic acids is 1. The van der Waals surface area contributed by atoms with Crippen molar-refractivity contribution in [3.05, 3.63) is 12.7 Å². The van der Waals surface area contributed by atoms with Crippen LogP contribution in [0.3, 0.4) is 0 Å². The third-order valence-corrected chi connectivity index (χ3v) is 1.51. The quantitative estimate of drug-likeness (QED) is 0.483. The summed E-state index contributed by atoms with van der Waals surface area (Å²) in [4.78, 5) is 11.0. The lowest BCUT2D eigenvalue weighted by Crippen LogP contribution is -2.32. The highest BCUT2D eigenvalue weighted by Crippen LogP contribution is 1.99. The van der Waals surface area contributed by atoms with E-state index < -0.39 is 6.04 Å². The van der Waals surface area contributed by atoms with Gasteiger partial charge in [-0.3, -0.25) is 4.79 Å². The van der Waals surface area contributed by atoms with E-state index in [1.165, 1.54) is 6.08 Å². The SMILES string of the molecule is C=CCOC(=O)[C@@H](N)CCCC. The van der Waals surface area contributed by atoms with Gasteiger partial charge in [0.2, 0.25) is 0 Å². The average molecular weight is 171 g/mol. The third kappa shape index (κ3) is 4.91. The first-order valence-corrected chi connectivity index (χ1v) is 4.25. The number of hydrogen-bond acceptors (Lipinski definition) is 3. The van der Waals surface area contributed by atoms with Gasteiger partial charge in [-0.05, 0) is 6.42 Å². The van der Waals surface area contributed by atoms with Gasteiger partial charge in [0.1, 0.15) is 12.6 Å². The molecule has 0 fully saturated rings. The van der Waals surface area contributed by atoms with Crippen LogP contribution in [0.2, 0.25) is 0 Å². The first-order valence-electron chi connectivity index (χ1n) is 4.25. The van der Waals surface area contributed by atoms with Crippen molar-refractivity contribution in [3.8, 4) is 0 Å². The molecular weight excluding hydrogens is 154 g/mol. The van der Waals surface area contributed by atoms with Crippen LogP contribution in [0.1, 0.15) is 26.2 Å². The molecule has 1 atom stereocenters. The van der Waals surface area contributed by atoms with Crippen molar-refractivity contribution in [1.82, 2.24) is 0 Å². The molecule has 0 unspecified atom stereocenters. The Hall–Kier alpha value is -0.830. The van der Waals surface area contributed by atoms with Crippen LogP contribution < -0.4 is 5.73 Å². The number of esters is 1.